The van der Waals surface area contributed by atoms with Crippen LogP contribution in [-0.4, -0.2) is 30.6 Å². The monoisotopic (exact) mass is 282 g/mol. The highest BCUT2D eigenvalue weighted by molar-refractivity contribution is 6.32. The number of nitrogens with two attached hydrogens (primary N) is 1. The highest BCUT2D eigenvalue weighted by Crippen LogP contribution is 2.35. The maximum absolute atomic E-state index is 6.34. The summed E-state index contributed by atoms with van der Waals surface area (Å²) < 4.78 is 5.21. The molecule has 106 valence electrons. The van der Waals surface area contributed by atoms with Gasteiger partial charge in [-0.05, 0) is 50.9 Å². The number of methoxy groups -OCH3 is 1. The lowest BCUT2D eigenvalue weighted by Crippen LogP contribution is -2.48. The number of likely N-dealkylation sites (tertiary alicyclic amines) is 1. The summed E-state index contributed by atoms with van der Waals surface area (Å²) in [6.45, 7) is 5.53. The molecule has 1 aromatic carbocycles. The van der Waals surface area contributed by atoms with Crippen molar-refractivity contribution < 1.29 is 4.74 Å². The van der Waals surface area contributed by atoms with Crippen LogP contribution in [0.5, 0.6) is 5.75 Å². The van der Waals surface area contributed by atoms with E-state index in [9.17, 15) is 0 Å². The third-order valence-electron chi connectivity index (χ3n) is 3.90. The van der Waals surface area contributed by atoms with Gasteiger partial charge in [0.15, 0.2) is 0 Å². The van der Waals surface area contributed by atoms with Crippen LogP contribution >= 0.6 is 11.6 Å². The molecule has 1 fully saturated rings. The fourth-order valence-corrected chi connectivity index (χ4v) is 3.20. The Morgan fingerprint density at radius 2 is 2.16 bits per heavy atom. The van der Waals surface area contributed by atoms with Gasteiger partial charge in [0.05, 0.1) is 18.2 Å². The minimum Gasteiger partial charge on any atom is -0.495 e. The summed E-state index contributed by atoms with van der Waals surface area (Å²) in [4.78, 5) is 2.46. The summed E-state index contributed by atoms with van der Waals surface area (Å²) in [6.07, 6.45) is 2.23. The van der Waals surface area contributed by atoms with E-state index >= 15 is 0 Å². The Morgan fingerprint density at radius 1 is 1.42 bits per heavy atom. The molecule has 0 amide bonds. The first-order valence-corrected chi connectivity index (χ1v) is 7.27. The predicted molar refractivity (Wildman–Crippen MR) is 79.8 cm³/mol. The number of ether oxygens (including phenoxy) is 1. The molecule has 1 saturated heterocycles. The summed E-state index contributed by atoms with van der Waals surface area (Å²) in [7, 11) is 1.63. The summed E-state index contributed by atoms with van der Waals surface area (Å²) >= 11 is 6.24. The molecule has 2 atom stereocenters. The molecule has 1 aliphatic rings. The minimum absolute atomic E-state index is 0.167. The molecule has 4 heteroatoms. The Hall–Kier alpha value is -0.770. The van der Waals surface area contributed by atoms with Crippen LogP contribution in [0.25, 0.3) is 0 Å². The fourth-order valence-electron chi connectivity index (χ4n) is 2.94. The van der Waals surface area contributed by atoms with E-state index in [0.717, 1.165) is 13.0 Å². The summed E-state index contributed by atoms with van der Waals surface area (Å²) in [5.41, 5.74) is 7.53. The molecule has 3 nitrogen and oxygen atoms in total. The Morgan fingerprint density at radius 3 is 2.74 bits per heavy atom. The van der Waals surface area contributed by atoms with Gasteiger partial charge in [0.2, 0.25) is 0 Å². The first-order chi connectivity index (χ1) is 9.04. The Labute approximate surface area is 120 Å². The molecule has 0 bridgehead atoms. The van der Waals surface area contributed by atoms with Crippen LogP contribution in [0.4, 0.5) is 0 Å². The lowest BCUT2D eigenvalue weighted by atomic mass is 9.90. The molecule has 0 saturated carbocycles. The van der Waals surface area contributed by atoms with Crippen molar-refractivity contribution in [2.75, 3.05) is 13.7 Å². The SMILES string of the molecule is COc1ccc(C2C(N)CCCN2C(C)C)cc1Cl. The fraction of sp³-hybridized carbons (Fsp3) is 0.600. The van der Waals surface area contributed by atoms with Gasteiger partial charge in [-0.15, -0.1) is 0 Å². The second-order valence-corrected chi connectivity index (χ2v) is 5.88. The number of hydrogen-bond acceptors (Lipinski definition) is 3. The second kappa shape index (κ2) is 6.12. The zero-order chi connectivity index (χ0) is 14.0. The Kier molecular flexibility index (Phi) is 4.71. The van der Waals surface area contributed by atoms with Crippen molar-refractivity contribution >= 4 is 11.6 Å². The van der Waals surface area contributed by atoms with Gasteiger partial charge >= 0.3 is 0 Å². The van der Waals surface area contributed by atoms with Crippen molar-refractivity contribution in [1.82, 2.24) is 4.90 Å². The molecule has 1 aliphatic heterocycles. The summed E-state index contributed by atoms with van der Waals surface area (Å²) in [5.74, 6) is 0.714. The van der Waals surface area contributed by atoms with E-state index < -0.39 is 0 Å². The van der Waals surface area contributed by atoms with Gasteiger partial charge in [0.1, 0.15) is 5.75 Å². The van der Waals surface area contributed by atoms with Crippen molar-refractivity contribution in [3.8, 4) is 5.75 Å². The van der Waals surface area contributed by atoms with Crippen molar-refractivity contribution in [3.63, 3.8) is 0 Å². The number of piperidine rings is 1. The number of benzene rings is 1. The molecule has 0 aliphatic carbocycles. The average Bonchev–Trinajstić information content (AvgIpc) is 2.38. The molecule has 19 heavy (non-hydrogen) atoms. The third kappa shape index (κ3) is 3.04. The molecule has 2 N–H and O–H groups in total. The van der Waals surface area contributed by atoms with E-state index in [2.05, 4.69) is 24.8 Å². The van der Waals surface area contributed by atoms with Crippen LogP contribution in [0.15, 0.2) is 18.2 Å². The van der Waals surface area contributed by atoms with Crippen molar-refractivity contribution in [2.45, 2.75) is 44.8 Å². The third-order valence-corrected chi connectivity index (χ3v) is 4.19. The number of nitrogens with zero attached hydrogens (tertiary/aromatic N) is 1. The van der Waals surface area contributed by atoms with E-state index in [1.807, 2.05) is 12.1 Å². The Balaban J connectivity index is 2.33. The van der Waals surface area contributed by atoms with Gasteiger partial charge in [0.25, 0.3) is 0 Å². The van der Waals surface area contributed by atoms with E-state index in [-0.39, 0.29) is 12.1 Å². The zero-order valence-corrected chi connectivity index (χ0v) is 12.7. The van der Waals surface area contributed by atoms with Crippen molar-refractivity contribution in [3.05, 3.63) is 28.8 Å². The topological polar surface area (TPSA) is 38.5 Å². The van der Waals surface area contributed by atoms with E-state index in [1.165, 1.54) is 12.0 Å². The normalized spacial score (nSPS) is 24.7. The summed E-state index contributed by atoms with van der Waals surface area (Å²) in [6, 6.07) is 6.90. The van der Waals surface area contributed by atoms with Crippen LogP contribution in [0, 0.1) is 0 Å². The van der Waals surface area contributed by atoms with Crippen molar-refractivity contribution in [2.24, 2.45) is 5.73 Å². The molecule has 1 aromatic rings. The molecule has 0 aromatic heterocycles. The van der Waals surface area contributed by atoms with E-state index in [4.69, 9.17) is 22.1 Å². The Bertz CT molecular complexity index is 436. The number of halogens is 1. The lowest BCUT2D eigenvalue weighted by Gasteiger charge is -2.42. The summed E-state index contributed by atoms with van der Waals surface area (Å²) in [5, 5.41) is 0.654. The van der Waals surface area contributed by atoms with E-state index in [1.54, 1.807) is 7.11 Å². The number of rotatable bonds is 3. The van der Waals surface area contributed by atoms with Gasteiger partial charge in [-0.3, -0.25) is 4.90 Å². The van der Waals surface area contributed by atoms with Gasteiger partial charge < -0.3 is 10.5 Å². The molecule has 1 heterocycles. The van der Waals surface area contributed by atoms with Gasteiger partial charge in [-0.1, -0.05) is 17.7 Å². The van der Waals surface area contributed by atoms with Crippen LogP contribution < -0.4 is 10.5 Å². The molecular formula is C15H23ClN2O. The first kappa shape index (κ1) is 14.6. The van der Waals surface area contributed by atoms with Crippen molar-refractivity contribution in [1.29, 1.82) is 0 Å². The highest BCUT2D eigenvalue weighted by Gasteiger charge is 2.32. The van der Waals surface area contributed by atoms with Gasteiger partial charge in [0, 0.05) is 12.1 Å². The standard InChI is InChI=1S/C15H23ClN2O/c1-10(2)18-8-4-5-13(17)15(18)11-6-7-14(19-3)12(16)9-11/h6-7,9-10,13,15H,4-5,8,17H2,1-3H3. The van der Waals surface area contributed by atoms with Gasteiger partial charge in [-0.25, -0.2) is 0 Å². The zero-order valence-electron chi connectivity index (χ0n) is 11.9. The second-order valence-electron chi connectivity index (χ2n) is 5.48. The van der Waals surface area contributed by atoms with Gasteiger partial charge in [-0.2, -0.15) is 0 Å². The maximum Gasteiger partial charge on any atom is 0.137 e. The van der Waals surface area contributed by atoms with E-state index in [0.29, 0.717) is 16.8 Å². The highest BCUT2D eigenvalue weighted by atomic mass is 35.5. The smallest absolute Gasteiger partial charge is 0.137 e. The average molecular weight is 283 g/mol. The molecule has 0 radical (unpaired) electrons. The van der Waals surface area contributed by atoms with Crippen LogP contribution in [0.3, 0.4) is 0 Å². The largest absolute Gasteiger partial charge is 0.495 e. The molecule has 2 unspecified atom stereocenters. The minimum atomic E-state index is 0.167. The van der Waals surface area contributed by atoms with Crippen LogP contribution in [0.1, 0.15) is 38.3 Å². The number of hydrogen-bond donors (Lipinski definition) is 1. The first-order valence-electron chi connectivity index (χ1n) is 6.89. The maximum atomic E-state index is 6.34. The molecule has 2 rings (SSSR count). The van der Waals surface area contributed by atoms with Crippen LogP contribution in [-0.2, 0) is 0 Å². The predicted octanol–water partition coefficient (Wildman–Crippen LogP) is 3.22. The van der Waals surface area contributed by atoms with Crippen LogP contribution in [0.2, 0.25) is 5.02 Å². The molecule has 0 spiro atoms. The lowest BCUT2D eigenvalue weighted by molar-refractivity contribution is 0.0947. The molecular weight excluding hydrogens is 260 g/mol. The quantitative estimate of drug-likeness (QED) is 0.925.